The zero-order valence-corrected chi connectivity index (χ0v) is 30.0. The summed E-state index contributed by atoms with van der Waals surface area (Å²) < 4.78 is 22.7. The van der Waals surface area contributed by atoms with Crippen LogP contribution in [-0.4, -0.2) is 188 Å². The first-order chi connectivity index (χ1) is 24.6. The van der Waals surface area contributed by atoms with Crippen molar-refractivity contribution in [3.8, 4) is 0 Å². The minimum Gasteiger partial charge on any atom is -0.477 e. The van der Waals surface area contributed by atoms with Gasteiger partial charge in [-0.3, -0.25) is 9.79 Å². The molecule has 17 atom stereocenters. The van der Waals surface area contributed by atoms with Crippen molar-refractivity contribution in [2.75, 3.05) is 25.4 Å². The Balaban J connectivity index is 0.000000310. The number of carbonyl (C=O) groups is 2. The van der Waals surface area contributed by atoms with Gasteiger partial charge < -0.3 is 99.5 Å². The van der Waals surface area contributed by atoms with E-state index in [1.54, 1.807) is 6.92 Å². The number of hydrogen-bond donors (Lipinski definition) is 13. The molecule has 3 saturated heterocycles. The number of aliphatic hydroxyl groups is 6. The van der Waals surface area contributed by atoms with Gasteiger partial charge in [-0.1, -0.05) is 0 Å². The average Bonchev–Trinajstić information content (AvgIpc) is 3.41. The molecule has 0 unspecified atom stereocenters. The molecule has 0 aromatic heterocycles. The first kappa shape index (κ1) is 45.3. The zero-order valence-electron chi connectivity index (χ0n) is 29.2. The second kappa shape index (κ2) is 19.6. The number of hydrogen-bond acceptors (Lipinski definition) is 19. The third kappa shape index (κ3) is 9.82. The molecule has 21 N–H and O–H groups in total. The maximum Gasteiger partial charge on any atom is 0.353 e. The Labute approximate surface area is 309 Å². The van der Waals surface area contributed by atoms with Gasteiger partial charge in [-0.2, -0.15) is 0 Å². The van der Waals surface area contributed by atoms with E-state index in [1.807, 2.05) is 0 Å². The van der Waals surface area contributed by atoms with E-state index in [2.05, 4.69) is 4.99 Å². The normalized spacial score (nSPS) is 42.0. The van der Waals surface area contributed by atoms with Crippen LogP contribution in [0.3, 0.4) is 0 Å². The fourth-order valence-electron chi connectivity index (χ4n) is 7.08. The van der Waals surface area contributed by atoms with Crippen molar-refractivity contribution in [1.82, 2.24) is 4.90 Å². The summed E-state index contributed by atoms with van der Waals surface area (Å²) in [5.41, 5.74) is 35.0. The van der Waals surface area contributed by atoms with Gasteiger partial charge in [0.15, 0.2) is 12.6 Å². The molecule has 0 spiro atoms. The molecule has 1 saturated carbocycles. The van der Waals surface area contributed by atoms with Gasteiger partial charge in [0.05, 0.1) is 61.8 Å². The van der Waals surface area contributed by atoms with Crippen LogP contribution >= 0.6 is 11.8 Å². The van der Waals surface area contributed by atoms with Crippen molar-refractivity contribution in [2.45, 2.75) is 124 Å². The highest BCUT2D eigenvalue weighted by molar-refractivity contribution is 8.03. The summed E-state index contributed by atoms with van der Waals surface area (Å²) in [6.07, 6.45) is -9.83. The van der Waals surface area contributed by atoms with Crippen molar-refractivity contribution in [2.24, 2.45) is 45.3 Å². The van der Waals surface area contributed by atoms with Gasteiger partial charge in [0.2, 0.25) is 5.91 Å². The fourth-order valence-corrected chi connectivity index (χ4v) is 8.14. The number of nitrogens with two attached hydrogens (primary N) is 6. The van der Waals surface area contributed by atoms with Crippen LogP contribution < -0.4 is 34.4 Å². The van der Waals surface area contributed by atoms with Crippen molar-refractivity contribution < 1.29 is 69.8 Å². The van der Waals surface area contributed by atoms with E-state index in [4.69, 9.17) is 53.3 Å². The van der Waals surface area contributed by atoms with E-state index >= 15 is 0 Å². The predicted octanol–water partition coefficient (Wildman–Crippen LogP) is -7.51. The maximum absolute atomic E-state index is 11.9. The third-order valence-corrected chi connectivity index (χ3v) is 11.0. The van der Waals surface area contributed by atoms with E-state index in [9.17, 15) is 45.3 Å². The van der Waals surface area contributed by atoms with Crippen LogP contribution in [0.2, 0.25) is 0 Å². The summed E-state index contributed by atoms with van der Waals surface area (Å²) in [5, 5.41) is 69.6. The Bertz CT molecular complexity index is 1290. The number of ether oxygens (including phenoxy) is 4. The van der Waals surface area contributed by atoms with Crippen LogP contribution in [0.4, 0.5) is 0 Å². The molecule has 0 aromatic rings. The Morgan fingerprint density at radius 3 is 2.15 bits per heavy atom. The van der Waals surface area contributed by atoms with Crippen molar-refractivity contribution in [3.63, 3.8) is 0 Å². The quantitative estimate of drug-likeness (QED) is 0.0378. The Kier molecular flexibility index (Phi) is 16.8. The van der Waals surface area contributed by atoms with Crippen LogP contribution in [0, 0.1) is 5.92 Å². The molecule has 22 nitrogen and oxygen atoms in total. The van der Waals surface area contributed by atoms with Crippen molar-refractivity contribution >= 4 is 30.0 Å². The predicted molar refractivity (Wildman–Crippen MR) is 187 cm³/mol. The lowest BCUT2D eigenvalue weighted by molar-refractivity contribution is -0.314. The number of rotatable bonds is 12. The lowest BCUT2D eigenvalue weighted by atomic mass is 9.83. The second-order valence-corrected chi connectivity index (χ2v) is 14.7. The van der Waals surface area contributed by atoms with Crippen molar-refractivity contribution in [3.05, 3.63) is 10.6 Å². The number of amides is 1. The first-order valence-electron chi connectivity index (χ1n) is 17.0. The highest BCUT2D eigenvalue weighted by atomic mass is 32.2. The average molecular weight is 785 g/mol. The van der Waals surface area contributed by atoms with Crippen LogP contribution in [0.25, 0.3) is 0 Å². The number of thioether (sulfide) groups is 1. The van der Waals surface area contributed by atoms with Gasteiger partial charge in [0.25, 0.3) is 0 Å². The largest absolute Gasteiger partial charge is 0.477 e. The molecule has 0 bridgehead atoms. The first-order valence-corrected chi connectivity index (χ1v) is 18.0. The lowest BCUT2D eigenvalue weighted by Gasteiger charge is -2.47. The molecule has 4 fully saturated rings. The molecule has 5 aliphatic rings. The van der Waals surface area contributed by atoms with Gasteiger partial charge in [0.1, 0.15) is 42.3 Å². The monoisotopic (exact) mass is 784 g/mol. The van der Waals surface area contributed by atoms with E-state index in [0.29, 0.717) is 23.6 Å². The number of carboxylic acid groups (broad SMARTS) is 1. The molecule has 1 aliphatic carbocycles. The summed E-state index contributed by atoms with van der Waals surface area (Å²) >= 11 is 1.38. The van der Waals surface area contributed by atoms with Crippen molar-refractivity contribution in [1.29, 1.82) is 0 Å². The number of nitrogens with zero attached hydrogens (tertiary/aromatic N) is 2. The molecular formula is C30H56N8O14S. The molecule has 4 heterocycles. The number of β-lactam (4-membered cyclic amide) rings is 1. The molecule has 0 aromatic carbocycles. The summed E-state index contributed by atoms with van der Waals surface area (Å²) in [6.45, 7) is 1.55. The maximum atomic E-state index is 11.9. The zero-order chi connectivity index (χ0) is 38.6. The van der Waals surface area contributed by atoms with Crippen LogP contribution in [0.15, 0.2) is 15.6 Å². The summed E-state index contributed by atoms with van der Waals surface area (Å²) in [4.78, 5) is 29.1. The Morgan fingerprint density at radius 2 is 1.60 bits per heavy atom. The number of carboxylic acids is 1. The molecule has 53 heavy (non-hydrogen) atoms. The molecular weight excluding hydrogens is 728 g/mol. The highest BCUT2D eigenvalue weighted by Gasteiger charge is 2.57. The number of carbonyl (C=O) groups excluding carboxylic acids is 1. The number of fused-ring (bicyclic) bond motifs is 1. The van der Waals surface area contributed by atoms with Crippen LogP contribution in [0.1, 0.15) is 26.2 Å². The molecule has 5 rings (SSSR count). The molecule has 0 radical (unpaired) electrons. The topological polar surface area (TPSA) is 416 Å². The van der Waals surface area contributed by atoms with Gasteiger partial charge in [0, 0.05) is 35.7 Å². The number of aliphatic carboxylic acids is 1. The second-order valence-electron chi connectivity index (χ2n) is 13.5. The van der Waals surface area contributed by atoms with Gasteiger partial charge >= 0.3 is 5.97 Å². The summed E-state index contributed by atoms with van der Waals surface area (Å²) in [5.74, 6) is -1.30. The van der Waals surface area contributed by atoms with Gasteiger partial charge in [-0.05, 0) is 19.8 Å². The molecule has 23 heteroatoms. The Morgan fingerprint density at radius 1 is 1.00 bits per heavy atom. The number of aliphatic imine (C=N–C) groups is 1. The van der Waals surface area contributed by atoms with Gasteiger partial charge in [-0.15, -0.1) is 11.8 Å². The third-order valence-electron chi connectivity index (χ3n) is 9.91. The van der Waals surface area contributed by atoms with Gasteiger partial charge in [-0.25, -0.2) is 4.79 Å². The fraction of sp³-hybridized carbons (Fsp3) is 0.833. The van der Waals surface area contributed by atoms with E-state index in [-0.39, 0.29) is 42.5 Å². The van der Waals surface area contributed by atoms with E-state index in [0.717, 1.165) is 0 Å². The van der Waals surface area contributed by atoms with Crippen LogP contribution in [0.5, 0.6) is 0 Å². The SMILES string of the molecule is C[C@@H](O)[C@H]1C(=O)N2C(C(=O)O)=C(SCCN=CN)C[C@H]12.NC[C@H]1O[C@H](O[C@H]2[C@H](O)[C@@H](O[C@H]3O[C@H](CO)[C@@H](O)[C@H](N)[C@H]3O)[C@H](N)C[C@@H]2N)[C@H](N)C[C@@H]1O.O. The number of aliphatic hydroxyl groups excluding tert-OH is 6. The smallest absolute Gasteiger partial charge is 0.353 e. The molecule has 306 valence electrons. The lowest BCUT2D eigenvalue weighted by Crippen LogP contribution is -2.68. The van der Waals surface area contributed by atoms with E-state index in [1.165, 1.54) is 23.0 Å². The van der Waals surface area contributed by atoms with E-state index < -0.39 is 110 Å². The minimum absolute atomic E-state index is 0. The summed E-state index contributed by atoms with van der Waals surface area (Å²) in [7, 11) is 0. The Hall–Kier alpha value is -2.14. The molecule has 4 aliphatic heterocycles. The minimum atomic E-state index is -1.44. The molecule has 1 amide bonds. The highest BCUT2D eigenvalue weighted by Crippen LogP contribution is 2.47. The standard InChI is InChI=1S/C18H37N5O9.C12H17N3O4S.H2O/c19-3-9-8(25)2-7(22)17(29-9)31-15-5(20)1-6(21)16(14(15)28)32-18-13(27)11(23)12(26)10(4-24)30-18;1-6(16)9-7-4-8(20-3-2-14-5-13)10(12(18)19)15(7)11(9)17;/h5-18,24-28H,1-4,19-23H2;5-7,9,16H,2-4H2,1H3,(H2,13,14)(H,18,19);1H2/t5-,6+,7+,8-,9+,10+,11-,12+,13+,14-,15+,16-,17+,18+;6-,7-,9-;/m01./s1. The summed E-state index contributed by atoms with van der Waals surface area (Å²) in [6, 6.07) is -3.49. The van der Waals surface area contributed by atoms with Crippen LogP contribution in [-0.2, 0) is 28.5 Å².